The minimum absolute atomic E-state index is 0.0123. The first-order valence-corrected chi connectivity index (χ1v) is 7.47. The first kappa shape index (κ1) is 16.7. The maximum Gasteiger partial charge on any atom is 0.228 e. The van der Waals surface area contributed by atoms with Crippen LogP contribution in [0, 0.1) is 11.8 Å². The van der Waals surface area contributed by atoms with Crippen molar-refractivity contribution >= 4 is 5.91 Å². The van der Waals surface area contributed by atoms with Gasteiger partial charge >= 0.3 is 0 Å². The van der Waals surface area contributed by atoms with E-state index in [-0.39, 0.29) is 36.3 Å². The van der Waals surface area contributed by atoms with E-state index >= 15 is 0 Å². The highest BCUT2D eigenvalue weighted by Gasteiger charge is 2.27. The molecular weight excluding hydrogens is 250 g/mol. The second-order valence-corrected chi connectivity index (χ2v) is 5.82. The third-order valence-electron chi connectivity index (χ3n) is 3.98. The SMILES string of the molecule is CCC(C)C(C(=O)N[C@H](CO)C(C)C)c1ccccc1. The van der Waals surface area contributed by atoms with Crippen LogP contribution < -0.4 is 5.32 Å². The van der Waals surface area contributed by atoms with Crippen LogP contribution in [0.3, 0.4) is 0 Å². The zero-order valence-corrected chi connectivity index (χ0v) is 13.0. The Morgan fingerprint density at radius 2 is 1.80 bits per heavy atom. The molecule has 0 aliphatic heterocycles. The quantitative estimate of drug-likeness (QED) is 0.805. The maximum atomic E-state index is 12.6. The number of carbonyl (C=O) groups excluding carboxylic acids is 1. The molecule has 0 aromatic heterocycles. The molecule has 0 fully saturated rings. The van der Waals surface area contributed by atoms with E-state index in [1.54, 1.807) is 0 Å². The van der Waals surface area contributed by atoms with Crippen LogP contribution in [0.4, 0.5) is 0 Å². The van der Waals surface area contributed by atoms with Gasteiger partial charge in [-0.15, -0.1) is 0 Å². The van der Waals surface area contributed by atoms with Gasteiger partial charge in [0.05, 0.1) is 18.6 Å². The van der Waals surface area contributed by atoms with Crippen molar-refractivity contribution in [2.24, 2.45) is 11.8 Å². The van der Waals surface area contributed by atoms with E-state index in [0.29, 0.717) is 0 Å². The lowest BCUT2D eigenvalue weighted by molar-refractivity contribution is -0.125. The molecule has 0 spiro atoms. The van der Waals surface area contributed by atoms with Gasteiger partial charge in [-0.25, -0.2) is 0 Å². The fraction of sp³-hybridized carbons (Fsp3) is 0.588. The molecule has 1 aromatic carbocycles. The van der Waals surface area contributed by atoms with Gasteiger partial charge < -0.3 is 10.4 Å². The molecule has 0 aliphatic rings. The predicted octanol–water partition coefficient (Wildman–Crippen LogP) is 2.95. The Balaban J connectivity index is 2.92. The number of aliphatic hydroxyl groups excluding tert-OH is 1. The molecule has 3 nitrogen and oxygen atoms in total. The van der Waals surface area contributed by atoms with Gasteiger partial charge in [0.15, 0.2) is 0 Å². The van der Waals surface area contributed by atoms with Crippen molar-refractivity contribution < 1.29 is 9.90 Å². The first-order chi connectivity index (χ1) is 9.51. The van der Waals surface area contributed by atoms with Gasteiger partial charge in [-0.05, 0) is 17.4 Å². The van der Waals surface area contributed by atoms with Gasteiger partial charge in [0.2, 0.25) is 5.91 Å². The van der Waals surface area contributed by atoms with Crippen LogP contribution in [0.1, 0.15) is 45.6 Å². The molecule has 0 saturated heterocycles. The molecule has 0 radical (unpaired) electrons. The van der Waals surface area contributed by atoms with Crippen molar-refractivity contribution in [3.05, 3.63) is 35.9 Å². The lowest BCUT2D eigenvalue weighted by atomic mass is 9.84. The molecule has 0 saturated carbocycles. The van der Waals surface area contributed by atoms with Crippen molar-refractivity contribution in [2.45, 2.75) is 46.1 Å². The second-order valence-electron chi connectivity index (χ2n) is 5.82. The number of aliphatic hydroxyl groups is 1. The number of amides is 1. The minimum atomic E-state index is -0.183. The van der Waals surface area contributed by atoms with Crippen molar-refractivity contribution in [1.29, 1.82) is 0 Å². The highest BCUT2D eigenvalue weighted by Crippen LogP contribution is 2.27. The fourth-order valence-corrected chi connectivity index (χ4v) is 2.33. The third kappa shape index (κ3) is 4.34. The third-order valence-corrected chi connectivity index (χ3v) is 3.98. The zero-order valence-electron chi connectivity index (χ0n) is 13.0. The van der Waals surface area contributed by atoms with Crippen LogP contribution in [0.2, 0.25) is 0 Å². The predicted molar refractivity (Wildman–Crippen MR) is 82.5 cm³/mol. The summed E-state index contributed by atoms with van der Waals surface area (Å²) in [6.45, 7) is 8.18. The van der Waals surface area contributed by atoms with Crippen LogP contribution in [-0.2, 0) is 4.79 Å². The lowest BCUT2D eigenvalue weighted by Crippen LogP contribution is -2.44. The van der Waals surface area contributed by atoms with Crippen LogP contribution in [0.5, 0.6) is 0 Å². The molecule has 3 heteroatoms. The smallest absolute Gasteiger partial charge is 0.228 e. The summed E-state index contributed by atoms with van der Waals surface area (Å²) in [5.41, 5.74) is 1.04. The molecule has 0 aliphatic carbocycles. The standard InChI is InChI=1S/C17H27NO2/c1-5-13(4)16(14-9-7-6-8-10-14)17(20)18-15(11-19)12(2)3/h6-10,12-13,15-16,19H,5,11H2,1-4H3,(H,18,20)/t13?,15-,16?/m1/s1. The van der Waals surface area contributed by atoms with E-state index in [4.69, 9.17) is 0 Å². The molecule has 0 heterocycles. The van der Waals surface area contributed by atoms with Gasteiger partial charge in [0.25, 0.3) is 0 Å². The van der Waals surface area contributed by atoms with Crippen LogP contribution in [0.15, 0.2) is 30.3 Å². The molecule has 3 atom stereocenters. The van der Waals surface area contributed by atoms with Crippen LogP contribution in [0.25, 0.3) is 0 Å². The molecule has 2 unspecified atom stereocenters. The Morgan fingerprint density at radius 1 is 1.20 bits per heavy atom. The largest absolute Gasteiger partial charge is 0.394 e. The number of benzene rings is 1. The summed E-state index contributed by atoms with van der Waals surface area (Å²) < 4.78 is 0. The van der Waals surface area contributed by atoms with E-state index in [1.165, 1.54) is 0 Å². The van der Waals surface area contributed by atoms with Crippen molar-refractivity contribution in [1.82, 2.24) is 5.32 Å². The van der Waals surface area contributed by atoms with E-state index in [0.717, 1.165) is 12.0 Å². The highest BCUT2D eigenvalue weighted by atomic mass is 16.3. The number of rotatable bonds is 7. The topological polar surface area (TPSA) is 49.3 Å². The number of hydrogen-bond donors (Lipinski definition) is 2. The van der Waals surface area contributed by atoms with Crippen LogP contribution >= 0.6 is 0 Å². The number of carbonyl (C=O) groups is 1. The highest BCUT2D eigenvalue weighted by molar-refractivity contribution is 5.84. The van der Waals surface area contributed by atoms with Crippen LogP contribution in [-0.4, -0.2) is 23.7 Å². The number of hydrogen-bond acceptors (Lipinski definition) is 2. The fourth-order valence-electron chi connectivity index (χ4n) is 2.33. The Labute approximate surface area is 122 Å². The lowest BCUT2D eigenvalue weighted by Gasteiger charge is -2.27. The van der Waals surface area contributed by atoms with Gasteiger partial charge in [-0.1, -0.05) is 64.4 Å². The Kier molecular flexibility index (Phi) is 6.73. The summed E-state index contributed by atoms with van der Waals surface area (Å²) in [6, 6.07) is 9.70. The molecule has 20 heavy (non-hydrogen) atoms. The zero-order chi connectivity index (χ0) is 15.1. The summed E-state index contributed by atoms with van der Waals surface area (Å²) in [4.78, 5) is 12.6. The summed E-state index contributed by atoms with van der Waals surface area (Å²) in [5, 5.41) is 12.4. The monoisotopic (exact) mass is 277 g/mol. The van der Waals surface area contributed by atoms with Crippen molar-refractivity contribution in [3.8, 4) is 0 Å². The van der Waals surface area contributed by atoms with E-state index in [1.807, 2.05) is 44.2 Å². The van der Waals surface area contributed by atoms with E-state index in [9.17, 15) is 9.90 Å². The normalized spacial score (nSPS) is 15.7. The summed E-state index contributed by atoms with van der Waals surface area (Å²) >= 11 is 0. The average molecular weight is 277 g/mol. The number of nitrogens with one attached hydrogen (secondary N) is 1. The van der Waals surface area contributed by atoms with E-state index in [2.05, 4.69) is 19.2 Å². The Morgan fingerprint density at radius 3 is 2.25 bits per heavy atom. The molecule has 0 bridgehead atoms. The minimum Gasteiger partial charge on any atom is -0.394 e. The summed E-state index contributed by atoms with van der Waals surface area (Å²) in [6.07, 6.45) is 0.943. The molecule has 1 rings (SSSR count). The molecule has 1 aromatic rings. The molecular formula is C17H27NO2. The van der Waals surface area contributed by atoms with Crippen molar-refractivity contribution in [2.75, 3.05) is 6.61 Å². The van der Waals surface area contributed by atoms with Crippen molar-refractivity contribution in [3.63, 3.8) is 0 Å². The van der Waals surface area contributed by atoms with E-state index < -0.39 is 0 Å². The summed E-state index contributed by atoms with van der Waals surface area (Å²) in [7, 11) is 0. The average Bonchev–Trinajstić information content (AvgIpc) is 2.45. The van der Waals surface area contributed by atoms with Gasteiger partial charge in [0, 0.05) is 0 Å². The molecule has 1 amide bonds. The molecule has 112 valence electrons. The Bertz CT molecular complexity index is 403. The molecule has 2 N–H and O–H groups in total. The second kappa shape index (κ2) is 8.05. The Hall–Kier alpha value is -1.35. The maximum absolute atomic E-state index is 12.6. The van der Waals surface area contributed by atoms with Gasteiger partial charge in [-0.3, -0.25) is 4.79 Å². The summed E-state index contributed by atoms with van der Waals surface area (Å²) in [5.74, 6) is 0.341. The first-order valence-electron chi connectivity index (χ1n) is 7.47. The van der Waals surface area contributed by atoms with Gasteiger partial charge in [0.1, 0.15) is 0 Å². The van der Waals surface area contributed by atoms with Gasteiger partial charge in [-0.2, -0.15) is 0 Å².